The maximum absolute atomic E-state index is 5.90. The number of imidazole rings is 1. The van der Waals surface area contributed by atoms with Crippen LogP contribution in [0.4, 0.5) is 0 Å². The van der Waals surface area contributed by atoms with Gasteiger partial charge in [-0.05, 0) is 30.5 Å². The fourth-order valence-electron chi connectivity index (χ4n) is 2.73. The summed E-state index contributed by atoms with van der Waals surface area (Å²) in [7, 11) is 0. The summed E-state index contributed by atoms with van der Waals surface area (Å²) in [6, 6.07) is 6.93. The fourth-order valence-corrected chi connectivity index (χ4v) is 3.25. The standard InChI is InChI=1S/C14H16BrClN2/c1-2-9-7-12(9)18-13-8-10(15)3-4-11(13)17-14(18)5-6-16/h3-4,8-9,12H,2,5-7H2,1H3. The minimum atomic E-state index is 0.632. The Bertz CT molecular complexity index is 578. The molecule has 0 saturated heterocycles. The number of benzene rings is 1. The van der Waals surface area contributed by atoms with E-state index in [2.05, 4.69) is 39.6 Å². The van der Waals surface area contributed by atoms with Crippen molar-refractivity contribution in [3.63, 3.8) is 0 Å². The number of fused-ring (bicyclic) bond motifs is 1. The molecule has 0 bridgehead atoms. The van der Waals surface area contributed by atoms with Crippen LogP contribution in [0.1, 0.15) is 31.6 Å². The highest BCUT2D eigenvalue weighted by Gasteiger charge is 2.39. The van der Waals surface area contributed by atoms with E-state index in [0.29, 0.717) is 11.9 Å². The van der Waals surface area contributed by atoms with E-state index in [1.54, 1.807) is 0 Å². The average Bonchev–Trinajstić information content (AvgIpc) is 3.05. The van der Waals surface area contributed by atoms with Gasteiger partial charge in [-0.3, -0.25) is 0 Å². The van der Waals surface area contributed by atoms with Gasteiger partial charge in [0.2, 0.25) is 0 Å². The van der Waals surface area contributed by atoms with E-state index in [-0.39, 0.29) is 0 Å². The van der Waals surface area contributed by atoms with Gasteiger partial charge in [0, 0.05) is 22.8 Å². The lowest BCUT2D eigenvalue weighted by Crippen LogP contribution is -2.04. The molecule has 18 heavy (non-hydrogen) atoms. The van der Waals surface area contributed by atoms with E-state index in [1.165, 1.54) is 18.4 Å². The molecule has 0 amide bonds. The predicted molar refractivity (Wildman–Crippen MR) is 79.3 cm³/mol. The van der Waals surface area contributed by atoms with Crippen molar-refractivity contribution in [2.45, 2.75) is 32.2 Å². The number of aromatic nitrogens is 2. The van der Waals surface area contributed by atoms with Gasteiger partial charge in [-0.15, -0.1) is 11.6 Å². The summed E-state index contributed by atoms with van der Waals surface area (Å²) in [5, 5.41) is 0. The minimum absolute atomic E-state index is 0.632. The summed E-state index contributed by atoms with van der Waals surface area (Å²) < 4.78 is 3.53. The van der Waals surface area contributed by atoms with Crippen molar-refractivity contribution in [1.82, 2.24) is 9.55 Å². The zero-order valence-corrected chi connectivity index (χ0v) is 12.7. The van der Waals surface area contributed by atoms with Crippen molar-refractivity contribution in [3.8, 4) is 0 Å². The molecule has 3 rings (SSSR count). The number of hydrogen-bond acceptors (Lipinski definition) is 1. The Labute approximate surface area is 120 Å². The smallest absolute Gasteiger partial charge is 0.111 e. The quantitative estimate of drug-likeness (QED) is 0.753. The molecule has 2 atom stereocenters. The van der Waals surface area contributed by atoms with E-state index >= 15 is 0 Å². The molecule has 1 fully saturated rings. The van der Waals surface area contributed by atoms with E-state index in [0.717, 1.165) is 28.2 Å². The molecule has 2 aromatic rings. The summed E-state index contributed by atoms with van der Waals surface area (Å²) in [6.45, 7) is 2.26. The van der Waals surface area contributed by atoms with Gasteiger partial charge in [0.15, 0.2) is 0 Å². The molecule has 1 aromatic heterocycles. The van der Waals surface area contributed by atoms with Crippen molar-refractivity contribution in [1.29, 1.82) is 0 Å². The maximum atomic E-state index is 5.90. The minimum Gasteiger partial charge on any atom is -0.325 e. The molecular formula is C14H16BrClN2. The highest BCUT2D eigenvalue weighted by molar-refractivity contribution is 9.10. The highest BCUT2D eigenvalue weighted by atomic mass is 79.9. The molecule has 2 unspecified atom stereocenters. The molecule has 2 nitrogen and oxygen atoms in total. The van der Waals surface area contributed by atoms with Gasteiger partial charge in [-0.1, -0.05) is 29.3 Å². The van der Waals surface area contributed by atoms with Crippen LogP contribution in [0.15, 0.2) is 22.7 Å². The van der Waals surface area contributed by atoms with Crippen LogP contribution >= 0.6 is 27.5 Å². The number of rotatable bonds is 4. The number of nitrogens with zero attached hydrogens (tertiary/aromatic N) is 2. The van der Waals surface area contributed by atoms with Crippen LogP contribution in [0, 0.1) is 5.92 Å². The Morgan fingerprint density at radius 3 is 3.00 bits per heavy atom. The zero-order chi connectivity index (χ0) is 12.7. The lowest BCUT2D eigenvalue weighted by atomic mass is 10.3. The summed E-state index contributed by atoms with van der Waals surface area (Å²) in [5.74, 6) is 2.59. The lowest BCUT2D eigenvalue weighted by Gasteiger charge is -2.08. The molecule has 1 aliphatic rings. The van der Waals surface area contributed by atoms with E-state index in [9.17, 15) is 0 Å². The van der Waals surface area contributed by atoms with Gasteiger partial charge in [-0.25, -0.2) is 4.98 Å². The van der Waals surface area contributed by atoms with Crippen molar-refractivity contribution in [2.75, 3.05) is 5.88 Å². The molecule has 0 radical (unpaired) electrons. The Kier molecular flexibility index (Phi) is 3.37. The van der Waals surface area contributed by atoms with Crippen LogP contribution in [0.2, 0.25) is 0 Å². The molecule has 1 aromatic carbocycles. The van der Waals surface area contributed by atoms with Crippen LogP contribution in [0.3, 0.4) is 0 Å². The van der Waals surface area contributed by atoms with Crippen LogP contribution in [0.5, 0.6) is 0 Å². The van der Waals surface area contributed by atoms with Crippen molar-refractivity contribution < 1.29 is 0 Å². The molecule has 4 heteroatoms. The molecular weight excluding hydrogens is 312 g/mol. The fraction of sp³-hybridized carbons (Fsp3) is 0.500. The first-order chi connectivity index (χ1) is 8.74. The molecule has 0 spiro atoms. The van der Waals surface area contributed by atoms with Crippen molar-refractivity contribution in [2.24, 2.45) is 5.92 Å². The van der Waals surface area contributed by atoms with E-state index in [1.807, 2.05) is 6.07 Å². The molecule has 0 aliphatic heterocycles. The van der Waals surface area contributed by atoms with Gasteiger partial charge in [-0.2, -0.15) is 0 Å². The first kappa shape index (κ1) is 12.5. The van der Waals surface area contributed by atoms with Gasteiger partial charge in [0.05, 0.1) is 11.0 Å². The highest BCUT2D eigenvalue weighted by Crippen LogP contribution is 2.47. The molecule has 0 N–H and O–H groups in total. The third kappa shape index (κ3) is 2.08. The van der Waals surface area contributed by atoms with Gasteiger partial charge < -0.3 is 4.57 Å². The zero-order valence-electron chi connectivity index (χ0n) is 10.4. The van der Waals surface area contributed by atoms with E-state index in [4.69, 9.17) is 16.6 Å². The monoisotopic (exact) mass is 326 g/mol. The first-order valence-electron chi connectivity index (χ1n) is 6.47. The topological polar surface area (TPSA) is 17.8 Å². The number of alkyl halides is 1. The number of aryl methyl sites for hydroxylation is 1. The second kappa shape index (κ2) is 4.86. The predicted octanol–water partition coefficient (Wildman–Crippen LogP) is 4.55. The van der Waals surface area contributed by atoms with Gasteiger partial charge in [0.25, 0.3) is 0 Å². The average molecular weight is 328 g/mol. The van der Waals surface area contributed by atoms with Crippen LogP contribution < -0.4 is 0 Å². The third-order valence-corrected chi connectivity index (χ3v) is 4.47. The van der Waals surface area contributed by atoms with Gasteiger partial charge >= 0.3 is 0 Å². The van der Waals surface area contributed by atoms with Gasteiger partial charge in [0.1, 0.15) is 5.82 Å². The van der Waals surface area contributed by atoms with Crippen LogP contribution in [-0.2, 0) is 6.42 Å². The van der Waals surface area contributed by atoms with E-state index < -0.39 is 0 Å². The Hall–Kier alpha value is -0.540. The van der Waals surface area contributed by atoms with Crippen LogP contribution in [0.25, 0.3) is 11.0 Å². The molecule has 1 heterocycles. The largest absolute Gasteiger partial charge is 0.325 e. The Balaban J connectivity index is 2.12. The van der Waals surface area contributed by atoms with Crippen molar-refractivity contribution in [3.05, 3.63) is 28.5 Å². The van der Waals surface area contributed by atoms with Crippen LogP contribution in [-0.4, -0.2) is 15.4 Å². The Morgan fingerprint density at radius 2 is 2.33 bits per heavy atom. The lowest BCUT2D eigenvalue weighted by molar-refractivity contribution is 0.628. The third-order valence-electron chi connectivity index (χ3n) is 3.78. The summed E-state index contributed by atoms with van der Waals surface area (Å²) >= 11 is 9.45. The summed E-state index contributed by atoms with van der Waals surface area (Å²) in [6.07, 6.45) is 3.38. The molecule has 96 valence electrons. The summed E-state index contributed by atoms with van der Waals surface area (Å²) in [4.78, 5) is 4.73. The molecule has 1 saturated carbocycles. The first-order valence-corrected chi connectivity index (χ1v) is 7.79. The number of hydrogen-bond donors (Lipinski definition) is 0. The number of halogens is 2. The van der Waals surface area contributed by atoms with Crippen molar-refractivity contribution >= 4 is 38.6 Å². The molecule has 1 aliphatic carbocycles. The summed E-state index contributed by atoms with van der Waals surface area (Å²) in [5.41, 5.74) is 2.32. The normalized spacial score (nSPS) is 22.6. The second-order valence-electron chi connectivity index (χ2n) is 4.94. The maximum Gasteiger partial charge on any atom is 0.111 e. The Morgan fingerprint density at radius 1 is 1.50 bits per heavy atom. The second-order valence-corrected chi connectivity index (χ2v) is 6.24. The SMILES string of the molecule is CCC1CC1n1c(CCCl)nc2ccc(Br)cc21.